The van der Waals surface area contributed by atoms with Gasteiger partial charge in [-0.05, 0) is 64.2 Å². The highest BCUT2D eigenvalue weighted by atomic mass is 16.7. The van der Waals surface area contributed by atoms with Crippen LogP contribution < -0.4 is 5.32 Å². The molecule has 0 aliphatic carbocycles. The molecule has 7 unspecified atom stereocenters. The summed E-state index contributed by atoms with van der Waals surface area (Å²) < 4.78 is 11.3. The van der Waals surface area contributed by atoms with Crippen LogP contribution in [0.3, 0.4) is 0 Å². The number of rotatable bonds is 58. The van der Waals surface area contributed by atoms with Gasteiger partial charge in [-0.3, -0.25) is 4.79 Å². The lowest BCUT2D eigenvalue weighted by atomic mass is 9.99. The molecule has 0 aromatic carbocycles. The largest absolute Gasteiger partial charge is 0.394 e. The second-order valence-electron chi connectivity index (χ2n) is 23.3. The van der Waals surface area contributed by atoms with Crippen LogP contribution in [-0.4, -0.2) is 87.5 Å². The summed E-state index contributed by atoms with van der Waals surface area (Å²) in [5.41, 5.74) is 0. The van der Waals surface area contributed by atoms with Gasteiger partial charge >= 0.3 is 0 Å². The SMILES string of the molecule is CCCCCCC/C=C\C/C=C\CCCCCCCCCCCCCCCCCCCCCCCCCC(=O)NC(COC1OC(CO)C(O)C(O)C1O)C(O)/C=C/CC/C=C/CCCCCCCCCCCCCCC. The molecule has 6 N–H and O–H groups in total. The molecule has 0 aromatic heterocycles. The number of unbranched alkanes of at least 4 members (excludes halogenated alkanes) is 42. The normalized spacial score (nSPS) is 19.0. The second-order valence-corrected chi connectivity index (χ2v) is 23.3. The Morgan fingerprint density at radius 1 is 0.442 bits per heavy atom. The van der Waals surface area contributed by atoms with Crippen molar-refractivity contribution in [1.29, 1.82) is 0 Å². The summed E-state index contributed by atoms with van der Waals surface area (Å²) in [6.45, 7) is 3.79. The number of aliphatic hydroxyl groups excluding tert-OH is 5. The van der Waals surface area contributed by atoms with Crippen LogP contribution in [0.15, 0.2) is 48.6 Å². The van der Waals surface area contributed by atoms with Crippen molar-refractivity contribution in [2.45, 2.75) is 365 Å². The zero-order valence-corrected chi connectivity index (χ0v) is 50.5. The first-order valence-electron chi connectivity index (χ1n) is 33.4. The second kappa shape index (κ2) is 57.4. The molecule has 1 aliphatic rings. The van der Waals surface area contributed by atoms with Crippen molar-refractivity contribution < 1.29 is 39.8 Å². The summed E-state index contributed by atoms with van der Waals surface area (Å²) in [4.78, 5) is 13.1. The van der Waals surface area contributed by atoms with Crippen molar-refractivity contribution in [2.24, 2.45) is 0 Å². The van der Waals surface area contributed by atoms with E-state index in [4.69, 9.17) is 9.47 Å². The number of aliphatic hydroxyl groups is 5. The topological polar surface area (TPSA) is 149 Å². The van der Waals surface area contributed by atoms with Gasteiger partial charge in [-0.1, -0.05) is 300 Å². The van der Waals surface area contributed by atoms with Crippen LogP contribution in [-0.2, 0) is 14.3 Å². The Morgan fingerprint density at radius 3 is 1.17 bits per heavy atom. The molecule has 1 rings (SSSR count). The predicted molar refractivity (Wildman–Crippen MR) is 327 cm³/mol. The molecule has 7 atom stereocenters. The van der Waals surface area contributed by atoms with Crippen LogP contribution in [0.5, 0.6) is 0 Å². The fourth-order valence-corrected chi connectivity index (χ4v) is 10.6. The summed E-state index contributed by atoms with van der Waals surface area (Å²) >= 11 is 0. The van der Waals surface area contributed by atoms with Crippen LogP contribution in [0.25, 0.3) is 0 Å². The van der Waals surface area contributed by atoms with Gasteiger partial charge < -0.3 is 40.3 Å². The van der Waals surface area contributed by atoms with Gasteiger partial charge in [-0.15, -0.1) is 0 Å². The van der Waals surface area contributed by atoms with E-state index in [-0.39, 0.29) is 12.5 Å². The molecular formula is C68H127NO8. The van der Waals surface area contributed by atoms with Gasteiger partial charge in [-0.2, -0.15) is 0 Å². The monoisotopic (exact) mass is 1090 g/mol. The van der Waals surface area contributed by atoms with Crippen molar-refractivity contribution in [1.82, 2.24) is 5.32 Å². The van der Waals surface area contributed by atoms with Gasteiger partial charge in [-0.25, -0.2) is 0 Å². The third-order valence-corrected chi connectivity index (χ3v) is 15.9. The smallest absolute Gasteiger partial charge is 0.220 e. The Kier molecular flexibility index (Phi) is 54.5. The maximum Gasteiger partial charge on any atom is 0.220 e. The van der Waals surface area contributed by atoms with Gasteiger partial charge in [0.05, 0.1) is 25.4 Å². The van der Waals surface area contributed by atoms with E-state index in [2.05, 4.69) is 55.6 Å². The van der Waals surface area contributed by atoms with E-state index >= 15 is 0 Å². The van der Waals surface area contributed by atoms with E-state index in [1.165, 1.54) is 257 Å². The van der Waals surface area contributed by atoms with Crippen LogP contribution in [0, 0.1) is 0 Å². The van der Waals surface area contributed by atoms with Crippen molar-refractivity contribution in [3.05, 3.63) is 48.6 Å². The molecule has 1 fully saturated rings. The molecule has 1 saturated heterocycles. The first-order chi connectivity index (χ1) is 37.8. The molecule has 9 nitrogen and oxygen atoms in total. The number of carbonyl (C=O) groups excluding carboxylic acids is 1. The highest BCUT2D eigenvalue weighted by Gasteiger charge is 2.44. The molecule has 77 heavy (non-hydrogen) atoms. The highest BCUT2D eigenvalue weighted by molar-refractivity contribution is 5.76. The average molecular weight is 1090 g/mol. The average Bonchev–Trinajstić information content (AvgIpc) is 3.43. The van der Waals surface area contributed by atoms with Gasteiger partial charge in [0.2, 0.25) is 5.91 Å². The number of hydrogen-bond acceptors (Lipinski definition) is 8. The van der Waals surface area contributed by atoms with Crippen LogP contribution in [0.2, 0.25) is 0 Å². The molecule has 452 valence electrons. The minimum Gasteiger partial charge on any atom is -0.394 e. The van der Waals surface area contributed by atoms with Crippen LogP contribution >= 0.6 is 0 Å². The third-order valence-electron chi connectivity index (χ3n) is 15.9. The minimum absolute atomic E-state index is 0.181. The summed E-state index contributed by atoms with van der Waals surface area (Å²) in [6.07, 6.45) is 70.7. The van der Waals surface area contributed by atoms with Crippen molar-refractivity contribution in [2.75, 3.05) is 13.2 Å². The molecule has 1 amide bonds. The summed E-state index contributed by atoms with van der Waals surface area (Å²) in [6, 6.07) is -0.821. The van der Waals surface area contributed by atoms with Gasteiger partial charge in [0.15, 0.2) is 6.29 Å². The van der Waals surface area contributed by atoms with Crippen molar-refractivity contribution in [3.63, 3.8) is 0 Å². The number of hydrogen-bond donors (Lipinski definition) is 6. The standard InChI is InChI=1S/C68H127NO8/c1-3-5-7-9-11-13-15-17-19-21-23-24-25-26-27-28-29-30-31-32-33-34-35-36-37-38-40-42-44-46-48-50-52-54-56-58-64(72)69-61(60-76-68-67(75)66(74)65(73)63(59-70)77-68)62(71)57-55-53-51-49-47-45-43-41-39-22-20-18-16-14-12-10-8-6-4-2/h15,17,21,23,47,49,55,57,61-63,65-68,70-71,73-75H,3-14,16,18-20,22,24-46,48,50-54,56,58-60H2,1-2H3,(H,69,72)/b17-15-,23-21-,49-47+,57-55+. The van der Waals surface area contributed by atoms with Gasteiger partial charge in [0, 0.05) is 6.42 Å². The first kappa shape index (κ1) is 73.2. The molecule has 0 radical (unpaired) electrons. The minimum atomic E-state index is -1.57. The van der Waals surface area contributed by atoms with Gasteiger partial charge in [0.25, 0.3) is 0 Å². The molecule has 1 heterocycles. The Morgan fingerprint density at radius 2 is 0.779 bits per heavy atom. The lowest BCUT2D eigenvalue weighted by Gasteiger charge is -2.40. The Balaban J connectivity index is 2.11. The Bertz CT molecular complexity index is 1350. The fraction of sp³-hybridized carbons (Fsp3) is 0.868. The molecule has 0 bridgehead atoms. The van der Waals surface area contributed by atoms with Gasteiger partial charge in [0.1, 0.15) is 24.4 Å². The zero-order valence-electron chi connectivity index (χ0n) is 50.5. The zero-order chi connectivity index (χ0) is 55.8. The lowest BCUT2D eigenvalue weighted by molar-refractivity contribution is -0.302. The van der Waals surface area contributed by atoms with E-state index < -0.39 is 49.5 Å². The van der Waals surface area contributed by atoms with Crippen LogP contribution in [0.1, 0.15) is 322 Å². The van der Waals surface area contributed by atoms with E-state index in [0.29, 0.717) is 6.42 Å². The number of allylic oxidation sites excluding steroid dienone is 7. The number of nitrogens with one attached hydrogen (secondary N) is 1. The quantitative estimate of drug-likeness (QED) is 0.0261. The Hall–Kier alpha value is -1.85. The summed E-state index contributed by atoms with van der Waals surface area (Å²) in [7, 11) is 0. The van der Waals surface area contributed by atoms with E-state index in [9.17, 15) is 30.3 Å². The fourth-order valence-electron chi connectivity index (χ4n) is 10.6. The third kappa shape index (κ3) is 46.5. The van der Waals surface area contributed by atoms with Crippen molar-refractivity contribution >= 4 is 5.91 Å². The lowest BCUT2D eigenvalue weighted by Crippen LogP contribution is -2.60. The van der Waals surface area contributed by atoms with E-state index in [1.807, 2.05) is 6.08 Å². The molecule has 0 saturated carbocycles. The molecular weight excluding hydrogens is 959 g/mol. The number of amides is 1. The maximum absolute atomic E-state index is 13.1. The number of ether oxygens (including phenoxy) is 2. The first-order valence-corrected chi connectivity index (χ1v) is 33.4. The van der Waals surface area contributed by atoms with E-state index in [0.717, 1.165) is 44.9 Å². The maximum atomic E-state index is 13.1. The number of carbonyl (C=O) groups is 1. The molecule has 0 spiro atoms. The van der Waals surface area contributed by atoms with E-state index in [1.54, 1.807) is 6.08 Å². The Labute approximate surface area is 475 Å². The molecule has 9 heteroatoms. The highest BCUT2D eigenvalue weighted by Crippen LogP contribution is 2.23. The predicted octanol–water partition coefficient (Wildman–Crippen LogP) is 17.6. The van der Waals surface area contributed by atoms with Crippen molar-refractivity contribution in [3.8, 4) is 0 Å². The molecule has 1 aliphatic heterocycles. The summed E-state index contributed by atoms with van der Waals surface area (Å²) in [5, 5.41) is 54.6. The summed E-state index contributed by atoms with van der Waals surface area (Å²) in [5.74, 6) is -0.181. The molecule has 0 aromatic rings. The van der Waals surface area contributed by atoms with Crippen LogP contribution in [0.4, 0.5) is 0 Å².